The number of hydrogen-bond acceptors (Lipinski definition) is 0. The molecule has 0 nitrogen and oxygen atoms in total. The van der Waals surface area contributed by atoms with E-state index in [2.05, 4.69) is 27.7 Å². The van der Waals surface area contributed by atoms with E-state index in [1.165, 1.54) is 12.8 Å². The van der Waals surface area contributed by atoms with Crippen molar-refractivity contribution in [2.24, 2.45) is 17.3 Å². The molecule has 0 spiro atoms. The average Bonchev–Trinajstić information content (AvgIpc) is 2.10. The van der Waals surface area contributed by atoms with E-state index in [1.54, 1.807) is 0 Å². The van der Waals surface area contributed by atoms with E-state index in [4.69, 9.17) is 0 Å². The van der Waals surface area contributed by atoms with Crippen molar-refractivity contribution >= 4 is 0 Å². The molecule has 2 unspecified atom stereocenters. The first-order valence-electron chi connectivity index (χ1n) is 4.38. The summed E-state index contributed by atoms with van der Waals surface area (Å²) in [4.78, 5) is 0. The van der Waals surface area contributed by atoms with Crippen molar-refractivity contribution in [3.05, 3.63) is 6.92 Å². The van der Waals surface area contributed by atoms with Crippen molar-refractivity contribution in [3.63, 3.8) is 0 Å². The van der Waals surface area contributed by atoms with E-state index >= 15 is 0 Å². The molecule has 0 aliphatic heterocycles. The largest absolute Gasteiger partial charge is 0.0620 e. The smallest absolute Gasteiger partial charge is 0.0300 e. The third-order valence-corrected chi connectivity index (χ3v) is 3.62. The maximum absolute atomic E-state index is 4.00. The van der Waals surface area contributed by atoms with Crippen LogP contribution in [0.3, 0.4) is 0 Å². The van der Waals surface area contributed by atoms with Crippen LogP contribution in [0.1, 0.15) is 40.0 Å². The summed E-state index contributed by atoms with van der Waals surface area (Å²) < 4.78 is 0. The second kappa shape index (κ2) is 2.56. The Hall–Kier alpha value is 0. The number of rotatable bonds is 1. The topological polar surface area (TPSA) is 0 Å². The molecule has 0 aromatic rings. The Morgan fingerprint density at radius 1 is 1.40 bits per heavy atom. The Bertz CT molecular complexity index is 113. The van der Waals surface area contributed by atoms with Gasteiger partial charge in [-0.2, -0.15) is 0 Å². The van der Waals surface area contributed by atoms with Crippen molar-refractivity contribution in [1.82, 2.24) is 0 Å². The van der Waals surface area contributed by atoms with Crippen LogP contribution >= 0.6 is 0 Å². The van der Waals surface area contributed by atoms with Crippen LogP contribution in [0.2, 0.25) is 0 Å². The fourth-order valence-corrected chi connectivity index (χ4v) is 2.11. The molecule has 1 rings (SSSR count). The first-order valence-corrected chi connectivity index (χ1v) is 4.38. The SMILES string of the molecule is [CH2]CC1CCC(C)C1(C)C. The van der Waals surface area contributed by atoms with Crippen LogP contribution in [0.25, 0.3) is 0 Å². The molecule has 1 aliphatic carbocycles. The third-order valence-electron chi connectivity index (χ3n) is 3.62. The van der Waals surface area contributed by atoms with E-state index in [9.17, 15) is 0 Å². The second-order valence-corrected chi connectivity index (χ2v) is 4.29. The molecule has 0 amide bonds. The van der Waals surface area contributed by atoms with Gasteiger partial charge in [-0.3, -0.25) is 0 Å². The maximum atomic E-state index is 4.00. The Labute approximate surface area is 65.0 Å². The molecule has 0 aromatic heterocycles. The van der Waals surface area contributed by atoms with E-state index in [0.29, 0.717) is 5.41 Å². The molecule has 0 heterocycles. The van der Waals surface area contributed by atoms with Gasteiger partial charge < -0.3 is 0 Å². The minimum absolute atomic E-state index is 0.557. The van der Waals surface area contributed by atoms with Crippen molar-refractivity contribution < 1.29 is 0 Å². The summed E-state index contributed by atoms with van der Waals surface area (Å²) in [6, 6.07) is 0. The highest BCUT2D eigenvalue weighted by Crippen LogP contribution is 2.48. The van der Waals surface area contributed by atoms with Crippen molar-refractivity contribution in [3.8, 4) is 0 Å². The molecule has 0 aromatic carbocycles. The van der Waals surface area contributed by atoms with Crippen molar-refractivity contribution in [1.29, 1.82) is 0 Å². The van der Waals surface area contributed by atoms with Gasteiger partial charge in [-0.25, -0.2) is 0 Å². The van der Waals surface area contributed by atoms with Crippen LogP contribution in [0, 0.1) is 24.2 Å². The van der Waals surface area contributed by atoms with Crippen molar-refractivity contribution in [2.45, 2.75) is 40.0 Å². The summed E-state index contributed by atoms with van der Waals surface area (Å²) in [5.74, 6) is 1.78. The molecular formula is C10H19. The Balaban J connectivity index is 2.64. The highest BCUT2D eigenvalue weighted by atomic mass is 14.4. The Morgan fingerprint density at radius 3 is 2.20 bits per heavy atom. The zero-order chi connectivity index (χ0) is 7.78. The van der Waals surface area contributed by atoms with Gasteiger partial charge in [0.05, 0.1) is 0 Å². The van der Waals surface area contributed by atoms with Gasteiger partial charge in [0.15, 0.2) is 0 Å². The Morgan fingerprint density at radius 2 is 2.00 bits per heavy atom. The molecule has 1 aliphatic rings. The normalized spacial score (nSPS) is 38.4. The predicted octanol–water partition coefficient (Wildman–Crippen LogP) is 3.28. The van der Waals surface area contributed by atoms with Gasteiger partial charge in [0, 0.05) is 0 Å². The second-order valence-electron chi connectivity index (χ2n) is 4.29. The van der Waals surface area contributed by atoms with Gasteiger partial charge in [-0.05, 0) is 36.5 Å². The summed E-state index contributed by atoms with van der Waals surface area (Å²) >= 11 is 0. The molecule has 1 fully saturated rings. The van der Waals surface area contributed by atoms with Crippen LogP contribution in [0.4, 0.5) is 0 Å². The molecule has 2 atom stereocenters. The van der Waals surface area contributed by atoms with Gasteiger partial charge >= 0.3 is 0 Å². The van der Waals surface area contributed by atoms with Gasteiger partial charge in [-0.1, -0.05) is 27.7 Å². The van der Waals surface area contributed by atoms with Gasteiger partial charge in [0.1, 0.15) is 0 Å². The monoisotopic (exact) mass is 139 g/mol. The first kappa shape index (κ1) is 8.10. The molecule has 1 saturated carbocycles. The molecule has 0 N–H and O–H groups in total. The minimum atomic E-state index is 0.557. The molecule has 10 heavy (non-hydrogen) atoms. The summed E-state index contributed by atoms with van der Waals surface area (Å²) in [5.41, 5.74) is 0.557. The highest BCUT2D eigenvalue weighted by molar-refractivity contribution is 4.89. The predicted molar refractivity (Wildman–Crippen MR) is 45.6 cm³/mol. The lowest BCUT2D eigenvalue weighted by Gasteiger charge is -2.30. The fraction of sp³-hybridized carbons (Fsp3) is 0.900. The van der Waals surface area contributed by atoms with E-state index in [1.807, 2.05) is 0 Å². The van der Waals surface area contributed by atoms with E-state index in [-0.39, 0.29) is 0 Å². The van der Waals surface area contributed by atoms with Gasteiger partial charge in [0.25, 0.3) is 0 Å². The van der Waals surface area contributed by atoms with E-state index in [0.717, 1.165) is 18.3 Å². The molecule has 0 saturated heterocycles. The van der Waals surface area contributed by atoms with Crippen LogP contribution < -0.4 is 0 Å². The summed E-state index contributed by atoms with van der Waals surface area (Å²) in [6.07, 6.45) is 3.93. The van der Waals surface area contributed by atoms with E-state index < -0.39 is 0 Å². The van der Waals surface area contributed by atoms with Crippen LogP contribution in [-0.4, -0.2) is 0 Å². The molecule has 1 radical (unpaired) electrons. The zero-order valence-corrected chi connectivity index (χ0v) is 7.48. The lowest BCUT2D eigenvalue weighted by Crippen LogP contribution is -2.22. The molecule has 0 heteroatoms. The summed E-state index contributed by atoms with van der Waals surface area (Å²) in [6.45, 7) is 11.1. The lowest BCUT2D eigenvalue weighted by atomic mass is 9.75. The summed E-state index contributed by atoms with van der Waals surface area (Å²) in [7, 11) is 0. The third kappa shape index (κ3) is 1.09. The average molecular weight is 139 g/mol. The minimum Gasteiger partial charge on any atom is -0.0620 e. The zero-order valence-electron chi connectivity index (χ0n) is 7.48. The highest BCUT2D eigenvalue weighted by Gasteiger charge is 2.38. The maximum Gasteiger partial charge on any atom is -0.0300 e. The standard InChI is InChI=1S/C10H19/c1-5-9-7-6-8(2)10(9,3)4/h8-9H,1,5-7H2,2-4H3. The van der Waals surface area contributed by atoms with Gasteiger partial charge in [0.2, 0.25) is 0 Å². The first-order chi connectivity index (χ1) is 4.59. The lowest BCUT2D eigenvalue weighted by molar-refractivity contribution is 0.199. The molecule has 59 valence electrons. The molecule has 0 bridgehead atoms. The van der Waals surface area contributed by atoms with Crippen molar-refractivity contribution in [2.75, 3.05) is 0 Å². The van der Waals surface area contributed by atoms with Crippen LogP contribution in [0.15, 0.2) is 0 Å². The quantitative estimate of drug-likeness (QED) is 0.523. The molecular weight excluding hydrogens is 120 g/mol. The summed E-state index contributed by atoms with van der Waals surface area (Å²) in [5, 5.41) is 0. The fourth-order valence-electron chi connectivity index (χ4n) is 2.11. The van der Waals surface area contributed by atoms with Crippen LogP contribution in [0.5, 0.6) is 0 Å². The van der Waals surface area contributed by atoms with Gasteiger partial charge in [-0.15, -0.1) is 0 Å². The Kier molecular flexibility index (Phi) is 2.07. The number of hydrogen-bond donors (Lipinski definition) is 0. The van der Waals surface area contributed by atoms with Crippen LogP contribution in [-0.2, 0) is 0 Å².